The molecule has 0 saturated heterocycles. The molecule has 158 valence electrons. The topological polar surface area (TPSA) is 108 Å². The number of nitrogens with zero attached hydrogens (tertiary/aromatic N) is 1. The molecule has 3 N–H and O–H groups in total. The van der Waals surface area contributed by atoms with E-state index in [0.717, 1.165) is 19.3 Å². The van der Waals surface area contributed by atoms with Crippen molar-refractivity contribution in [1.82, 2.24) is 10.9 Å². The highest BCUT2D eigenvalue weighted by Gasteiger charge is 2.34. The summed E-state index contributed by atoms with van der Waals surface area (Å²) in [5.74, 6) is -2.98. The molecule has 29 heavy (non-hydrogen) atoms. The number of aliphatic hydroxyl groups excluding tert-OH is 1. The fourth-order valence-electron chi connectivity index (χ4n) is 3.37. The number of fused-ring (bicyclic) bond motifs is 1. The number of hydrogen-bond donors (Lipinski definition) is 3. The van der Waals surface area contributed by atoms with E-state index < -0.39 is 23.3 Å². The maximum Gasteiger partial charge on any atom is 0.286 e. The van der Waals surface area contributed by atoms with Crippen molar-refractivity contribution >= 4 is 23.4 Å². The number of aliphatic imine (C=N–C) groups is 1. The predicted molar refractivity (Wildman–Crippen MR) is 112 cm³/mol. The van der Waals surface area contributed by atoms with Gasteiger partial charge >= 0.3 is 0 Å². The van der Waals surface area contributed by atoms with Gasteiger partial charge in [-0.15, -0.1) is 0 Å². The van der Waals surface area contributed by atoms with Crippen LogP contribution in [-0.4, -0.2) is 28.5 Å². The quantitative estimate of drug-likeness (QED) is 0.279. The summed E-state index contributed by atoms with van der Waals surface area (Å²) >= 11 is 0. The first-order valence-electron chi connectivity index (χ1n) is 10.5. The molecule has 1 aliphatic carbocycles. The Balaban J connectivity index is 1.66. The molecular weight excluding hydrogens is 370 g/mol. The zero-order valence-electron chi connectivity index (χ0n) is 17.1. The lowest BCUT2D eigenvalue weighted by molar-refractivity contribution is -0.129. The van der Waals surface area contributed by atoms with E-state index in [9.17, 15) is 19.5 Å². The number of allylic oxidation sites excluding steroid dienone is 4. The van der Waals surface area contributed by atoms with Crippen LogP contribution in [0.3, 0.4) is 0 Å². The number of nitrogens with one attached hydrogen (secondary N) is 2. The first-order valence-corrected chi connectivity index (χ1v) is 10.5. The molecule has 7 heteroatoms. The van der Waals surface area contributed by atoms with Gasteiger partial charge in [0.05, 0.1) is 11.6 Å². The highest BCUT2D eigenvalue weighted by atomic mass is 16.3. The van der Waals surface area contributed by atoms with Gasteiger partial charge in [-0.05, 0) is 12.5 Å². The zero-order valence-corrected chi connectivity index (χ0v) is 17.1. The summed E-state index contributed by atoms with van der Waals surface area (Å²) < 4.78 is 0. The minimum atomic E-state index is -0.862. The van der Waals surface area contributed by atoms with Crippen LogP contribution in [0.1, 0.15) is 71.1 Å². The van der Waals surface area contributed by atoms with Crippen molar-refractivity contribution in [3.05, 3.63) is 35.6 Å². The molecule has 0 aromatic carbocycles. The third-order valence-corrected chi connectivity index (χ3v) is 5.05. The number of hydrazine groups is 1. The van der Waals surface area contributed by atoms with Crippen LogP contribution in [0.5, 0.6) is 0 Å². The molecule has 1 unspecified atom stereocenters. The smallest absolute Gasteiger partial charge is 0.286 e. The van der Waals surface area contributed by atoms with E-state index >= 15 is 0 Å². The van der Waals surface area contributed by atoms with E-state index in [0.29, 0.717) is 12.1 Å². The number of aliphatic hydroxyl groups is 1. The zero-order chi connectivity index (χ0) is 21.1. The normalized spacial score (nSPS) is 17.8. The van der Waals surface area contributed by atoms with E-state index in [1.165, 1.54) is 38.5 Å². The molecular formula is C22H31N3O4. The molecule has 0 spiro atoms. The van der Waals surface area contributed by atoms with Crippen LogP contribution < -0.4 is 10.9 Å². The Bertz CT molecular complexity index is 734. The van der Waals surface area contributed by atoms with Gasteiger partial charge in [0.15, 0.2) is 0 Å². The van der Waals surface area contributed by atoms with E-state index in [1.807, 2.05) is 0 Å². The Morgan fingerprint density at radius 2 is 1.66 bits per heavy atom. The summed E-state index contributed by atoms with van der Waals surface area (Å²) in [6.45, 7) is 2.20. The second-order valence-corrected chi connectivity index (χ2v) is 7.40. The lowest BCUT2D eigenvalue weighted by Gasteiger charge is -2.21. The summed E-state index contributed by atoms with van der Waals surface area (Å²) in [6.07, 6.45) is 17.3. The molecule has 0 bridgehead atoms. The number of rotatable bonds is 11. The van der Waals surface area contributed by atoms with Gasteiger partial charge in [-0.1, -0.05) is 76.5 Å². The van der Waals surface area contributed by atoms with Gasteiger partial charge in [-0.2, -0.15) is 0 Å². The van der Waals surface area contributed by atoms with Crippen molar-refractivity contribution in [2.45, 2.75) is 71.1 Å². The Morgan fingerprint density at radius 3 is 2.34 bits per heavy atom. The van der Waals surface area contributed by atoms with Crippen molar-refractivity contribution in [2.24, 2.45) is 10.9 Å². The number of hydrogen-bond acceptors (Lipinski definition) is 4. The van der Waals surface area contributed by atoms with E-state index in [1.54, 1.807) is 24.3 Å². The van der Waals surface area contributed by atoms with Gasteiger partial charge in [0, 0.05) is 6.42 Å². The summed E-state index contributed by atoms with van der Waals surface area (Å²) in [4.78, 5) is 40.0. The lowest BCUT2D eigenvalue weighted by Crippen LogP contribution is -2.44. The largest absolute Gasteiger partial charge is 0.510 e. The highest BCUT2D eigenvalue weighted by Crippen LogP contribution is 2.25. The Labute approximate surface area is 172 Å². The molecule has 0 fully saturated rings. The fourth-order valence-corrected chi connectivity index (χ4v) is 3.37. The summed E-state index contributed by atoms with van der Waals surface area (Å²) in [5, 5.41) is 10.3. The lowest BCUT2D eigenvalue weighted by atomic mass is 9.90. The highest BCUT2D eigenvalue weighted by molar-refractivity contribution is 6.25. The number of carbonyl (C=O) groups excluding carboxylic acids is 3. The predicted octanol–water partition coefficient (Wildman–Crippen LogP) is 3.59. The Kier molecular flexibility index (Phi) is 9.34. The molecule has 2 aliphatic rings. The average Bonchev–Trinajstić information content (AvgIpc) is 2.71. The molecule has 0 saturated carbocycles. The van der Waals surface area contributed by atoms with Gasteiger partial charge in [0.25, 0.3) is 11.8 Å². The second-order valence-electron chi connectivity index (χ2n) is 7.40. The first kappa shape index (κ1) is 22.6. The number of dihydropyridines is 1. The summed E-state index contributed by atoms with van der Waals surface area (Å²) in [6, 6.07) is 0. The monoisotopic (exact) mass is 401 g/mol. The molecule has 7 nitrogen and oxygen atoms in total. The van der Waals surface area contributed by atoms with Crippen molar-refractivity contribution in [3.8, 4) is 0 Å². The summed E-state index contributed by atoms with van der Waals surface area (Å²) in [7, 11) is 0. The van der Waals surface area contributed by atoms with Crippen LogP contribution in [0.2, 0.25) is 0 Å². The number of unbranched alkanes of at least 4 members (excludes halogenated alkanes) is 8. The Hall–Kier alpha value is -2.70. The molecule has 1 atom stereocenters. The van der Waals surface area contributed by atoms with Gasteiger partial charge in [-0.3, -0.25) is 25.2 Å². The molecule has 3 amide bonds. The number of amides is 3. The third-order valence-electron chi connectivity index (χ3n) is 5.05. The van der Waals surface area contributed by atoms with E-state index in [2.05, 4.69) is 22.8 Å². The number of carbonyl (C=O) groups is 3. The standard InChI is InChI=1S/C22H31N3O4/c1-2-3-4-5-6-7-8-9-10-15-18(26)24-25-22(29)19-20(27)16-13-11-12-14-17(16)23-21(19)28/h11-14,16,27H,2-10,15H2,1H3,(H,24,26)(H,25,29). The van der Waals surface area contributed by atoms with Gasteiger partial charge in [0.1, 0.15) is 11.3 Å². The van der Waals surface area contributed by atoms with Gasteiger partial charge < -0.3 is 5.11 Å². The van der Waals surface area contributed by atoms with Crippen molar-refractivity contribution in [1.29, 1.82) is 0 Å². The van der Waals surface area contributed by atoms with Crippen LogP contribution in [0.25, 0.3) is 0 Å². The van der Waals surface area contributed by atoms with Crippen LogP contribution in [0, 0.1) is 5.92 Å². The van der Waals surface area contributed by atoms with Crippen LogP contribution >= 0.6 is 0 Å². The molecule has 0 aromatic heterocycles. The summed E-state index contributed by atoms with van der Waals surface area (Å²) in [5.41, 5.74) is 4.45. The molecule has 0 radical (unpaired) electrons. The third kappa shape index (κ3) is 7.00. The van der Waals surface area contributed by atoms with Crippen LogP contribution in [-0.2, 0) is 14.4 Å². The minimum Gasteiger partial charge on any atom is -0.510 e. The van der Waals surface area contributed by atoms with E-state index in [-0.39, 0.29) is 11.7 Å². The average molecular weight is 402 g/mol. The van der Waals surface area contributed by atoms with Crippen LogP contribution in [0.4, 0.5) is 0 Å². The van der Waals surface area contributed by atoms with Crippen LogP contribution in [0.15, 0.2) is 40.6 Å². The minimum absolute atomic E-state index is 0.299. The van der Waals surface area contributed by atoms with Gasteiger partial charge in [0.2, 0.25) is 5.91 Å². The Morgan fingerprint density at radius 1 is 1.00 bits per heavy atom. The SMILES string of the molecule is CCCCCCCCCCCC(=O)NNC(=O)C1=C(O)C2C=CC=CC2=NC1=O. The van der Waals surface area contributed by atoms with Crippen molar-refractivity contribution in [2.75, 3.05) is 0 Å². The first-order chi connectivity index (χ1) is 14.0. The second kappa shape index (κ2) is 12.0. The van der Waals surface area contributed by atoms with Crippen molar-refractivity contribution in [3.63, 3.8) is 0 Å². The molecule has 1 aliphatic heterocycles. The maximum absolute atomic E-state index is 12.2. The molecule has 1 heterocycles. The molecule has 0 aromatic rings. The van der Waals surface area contributed by atoms with Gasteiger partial charge in [-0.25, -0.2) is 4.99 Å². The van der Waals surface area contributed by atoms with Crippen molar-refractivity contribution < 1.29 is 19.5 Å². The fraction of sp³-hybridized carbons (Fsp3) is 0.545. The van der Waals surface area contributed by atoms with E-state index in [4.69, 9.17) is 0 Å². The molecule has 2 rings (SSSR count). The maximum atomic E-state index is 12.2.